The highest BCUT2D eigenvalue weighted by Gasteiger charge is 2.14. The zero-order valence-corrected chi connectivity index (χ0v) is 20.7. The van der Waals surface area contributed by atoms with Crippen LogP contribution in [0.1, 0.15) is 10.4 Å². The van der Waals surface area contributed by atoms with Crippen LogP contribution in [-0.2, 0) is 9.59 Å². The van der Waals surface area contributed by atoms with Crippen molar-refractivity contribution in [3.63, 3.8) is 0 Å². The Kier molecular flexibility index (Phi) is 7.36. The lowest BCUT2D eigenvalue weighted by molar-refractivity contribution is -0.119. The maximum Gasteiger partial charge on any atom is 0.335 e. The third-order valence-electron chi connectivity index (χ3n) is 6.00. The molecule has 0 fully saturated rings. The Balaban J connectivity index is 1.23. The van der Waals surface area contributed by atoms with E-state index in [1.54, 1.807) is 12.1 Å². The standard InChI is InChI=1S/C31H24N2O6/c34-29(18-38-25-12-9-20-5-1-3-7-22(20)15-25)32-27-14-11-24(31(36)37)17-28(27)33-30(35)19-39-26-13-10-21-6-2-4-8-23(21)16-26/h1-17H,18-19H2,(H,32,34)(H,33,35)(H,36,37). The quantitative estimate of drug-likeness (QED) is 0.229. The molecule has 194 valence electrons. The van der Waals surface area contributed by atoms with Gasteiger partial charge in [0.25, 0.3) is 11.8 Å². The maximum atomic E-state index is 12.7. The molecule has 0 bridgehead atoms. The molecular formula is C31H24N2O6. The van der Waals surface area contributed by atoms with Gasteiger partial charge < -0.3 is 25.2 Å². The number of rotatable bonds is 9. The second kappa shape index (κ2) is 11.4. The molecule has 0 aliphatic carbocycles. The molecule has 0 unspecified atom stereocenters. The van der Waals surface area contributed by atoms with E-state index in [1.807, 2.05) is 72.8 Å². The summed E-state index contributed by atoms with van der Waals surface area (Å²) in [5, 5.41) is 18.8. The van der Waals surface area contributed by atoms with Crippen molar-refractivity contribution in [1.82, 2.24) is 0 Å². The summed E-state index contributed by atoms with van der Waals surface area (Å²) in [6, 6.07) is 30.6. The van der Waals surface area contributed by atoms with E-state index in [0.29, 0.717) is 11.5 Å². The van der Waals surface area contributed by atoms with E-state index in [1.165, 1.54) is 18.2 Å². The molecule has 8 heteroatoms. The number of aromatic carboxylic acids is 1. The highest BCUT2D eigenvalue weighted by atomic mass is 16.5. The minimum atomic E-state index is -1.17. The summed E-state index contributed by atoms with van der Waals surface area (Å²) in [5.74, 6) is -1.12. The van der Waals surface area contributed by atoms with Crippen LogP contribution in [0.2, 0.25) is 0 Å². The molecule has 39 heavy (non-hydrogen) atoms. The number of amides is 2. The molecule has 0 radical (unpaired) electrons. The van der Waals surface area contributed by atoms with Crippen molar-refractivity contribution in [2.24, 2.45) is 0 Å². The second-order valence-corrected chi connectivity index (χ2v) is 8.76. The lowest BCUT2D eigenvalue weighted by atomic mass is 10.1. The molecule has 0 aliphatic heterocycles. The molecule has 5 rings (SSSR count). The summed E-state index contributed by atoms with van der Waals surface area (Å²) in [6.07, 6.45) is 0. The van der Waals surface area contributed by atoms with Crippen LogP contribution in [0.5, 0.6) is 11.5 Å². The fraction of sp³-hybridized carbons (Fsp3) is 0.0645. The van der Waals surface area contributed by atoms with E-state index >= 15 is 0 Å². The van der Waals surface area contributed by atoms with E-state index in [9.17, 15) is 19.5 Å². The molecule has 0 aromatic heterocycles. The van der Waals surface area contributed by atoms with Gasteiger partial charge >= 0.3 is 5.97 Å². The van der Waals surface area contributed by atoms with Gasteiger partial charge in [0.15, 0.2) is 13.2 Å². The fourth-order valence-corrected chi connectivity index (χ4v) is 4.07. The Hall–Kier alpha value is -5.37. The van der Waals surface area contributed by atoms with Gasteiger partial charge in [0.05, 0.1) is 16.9 Å². The lowest BCUT2D eigenvalue weighted by Crippen LogP contribution is -2.24. The third kappa shape index (κ3) is 6.31. The van der Waals surface area contributed by atoms with Crippen LogP contribution in [0.4, 0.5) is 11.4 Å². The summed E-state index contributed by atoms with van der Waals surface area (Å²) >= 11 is 0. The molecule has 2 amide bonds. The average molecular weight is 521 g/mol. The van der Waals surface area contributed by atoms with Crippen molar-refractivity contribution in [2.45, 2.75) is 0 Å². The molecule has 5 aromatic carbocycles. The van der Waals surface area contributed by atoms with E-state index < -0.39 is 17.8 Å². The average Bonchev–Trinajstić information content (AvgIpc) is 2.95. The lowest BCUT2D eigenvalue weighted by Gasteiger charge is -2.14. The number of anilines is 2. The zero-order chi connectivity index (χ0) is 27.2. The van der Waals surface area contributed by atoms with Gasteiger partial charge in [0.2, 0.25) is 0 Å². The number of benzene rings is 5. The molecule has 0 spiro atoms. The van der Waals surface area contributed by atoms with Gasteiger partial charge in [-0.25, -0.2) is 4.79 Å². The van der Waals surface area contributed by atoms with Crippen molar-refractivity contribution in [3.8, 4) is 11.5 Å². The van der Waals surface area contributed by atoms with Crippen molar-refractivity contribution in [3.05, 3.63) is 109 Å². The van der Waals surface area contributed by atoms with Crippen molar-refractivity contribution < 1.29 is 29.0 Å². The summed E-state index contributed by atoms with van der Waals surface area (Å²) in [4.78, 5) is 36.8. The topological polar surface area (TPSA) is 114 Å². The van der Waals surface area contributed by atoms with Gasteiger partial charge in [0.1, 0.15) is 11.5 Å². The molecule has 3 N–H and O–H groups in total. The van der Waals surface area contributed by atoms with Gasteiger partial charge in [-0.3, -0.25) is 9.59 Å². The van der Waals surface area contributed by atoms with E-state index in [0.717, 1.165) is 21.5 Å². The number of fused-ring (bicyclic) bond motifs is 2. The number of hydrogen-bond acceptors (Lipinski definition) is 5. The molecule has 0 saturated heterocycles. The summed E-state index contributed by atoms with van der Waals surface area (Å²) in [7, 11) is 0. The van der Waals surface area contributed by atoms with E-state index in [4.69, 9.17) is 9.47 Å². The van der Waals surface area contributed by atoms with Crippen LogP contribution in [0, 0.1) is 0 Å². The molecule has 5 aromatic rings. The first-order chi connectivity index (χ1) is 18.9. The van der Waals surface area contributed by atoms with Crippen LogP contribution in [0.25, 0.3) is 21.5 Å². The normalized spacial score (nSPS) is 10.7. The van der Waals surface area contributed by atoms with Gasteiger partial charge in [-0.2, -0.15) is 0 Å². The van der Waals surface area contributed by atoms with Crippen molar-refractivity contribution >= 4 is 50.7 Å². The molecule has 0 heterocycles. The van der Waals surface area contributed by atoms with Crippen LogP contribution < -0.4 is 20.1 Å². The Morgan fingerprint density at radius 3 is 1.56 bits per heavy atom. The molecular weight excluding hydrogens is 496 g/mol. The Morgan fingerprint density at radius 1 is 0.564 bits per heavy atom. The van der Waals surface area contributed by atoms with Gasteiger partial charge in [-0.15, -0.1) is 0 Å². The monoisotopic (exact) mass is 520 g/mol. The Bertz CT molecular complexity index is 1700. The van der Waals surface area contributed by atoms with E-state index in [-0.39, 0.29) is 30.2 Å². The first kappa shape index (κ1) is 25.3. The SMILES string of the molecule is O=C(COc1ccc2ccccc2c1)Nc1ccc(C(=O)O)cc1NC(=O)COc1ccc2ccccc2c1. The number of nitrogens with one attached hydrogen (secondary N) is 2. The minimum Gasteiger partial charge on any atom is -0.484 e. The highest BCUT2D eigenvalue weighted by Crippen LogP contribution is 2.25. The van der Waals surface area contributed by atoms with Gasteiger partial charge in [-0.1, -0.05) is 60.7 Å². The molecule has 0 atom stereocenters. The van der Waals surface area contributed by atoms with Crippen LogP contribution >= 0.6 is 0 Å². The Morgan fingerprint density at radius 2 is 1.05 bits per heavy atom. The highest BCUT2D eigenvalue weighted by molar-refractivity contribution is 6.02. The summed E-state index contributed by atoms with van der Waals surface area (Å²) in [5.41, 5.74) is 0.304. The number of hydrogen-bond donors (Lipinski definition) is 3. The largest absolute Gasteiger partial charge is 0.484 e. The van der Waals surface area contributed by atoms with E-state index in [2.05, 4.69) is 10.6 Å². The van der Waals surface area contributed by atoms with Gasteiger partial charge in [-0.05, 0) is 64.0 Å². The molecule has 8 nitrogen and oxygen atoms in total. The smallest absolute Gasteiger partial charge is 0.335 e. The number of ether oxygens (including phenoxy) is 2. The predicted octanol–water partition coefficient (Wildman–Crippen LogP) is 5.73. The first-order valence-electron chi connectivity index (χ1n) is 12.1. The minimum absolute atomic E-state index is 0.0499. The third-order valence-corrected chi connectivity index (χ3v) is 6.00. The Labute approximate surface area is 223 Å². The fourth-order valence-electron chi connectivity index (χ4n) is 4.07. The van der Waals surface area contributed by atoms with Crippen molar-refractivity contribution in [1.29, 1.82) is 0 Å². The maximum absolute atomic E-state index is 12.7. The first-order valence-corrected chi connectivity index (χ1v) is 12.1. The van der Waals surface area contributed by atoms with Crippen LogP contribution in [0.3, 0.4) is 0 Å². The van der Waals surface area contributed by atoms with Crippen molar-refractivity contribution in [2.75, 3.05) is 23.8 Å². The second-order valence-electron chi connectivity index (χ2n) is 8.76. The zero-order valence-electron chi connectivity index (χ0n) is 20.7. The molecule has 0 saturated carbocycles. The predicted molar refractivity (Wildman–Crippen MR) is 150 cm³/mol. The number of carboxylic acids is 1. The summed E-state index contributed by atoms with van der Waals surface area (Å²) in [6.45, 7) is -0.592. The van der Waals surface area contributed by atoms with Crippen LogP contribution in [0.15, 0.2) is 103 Å². The van der Waals surface area contributed by atoms with Gasteiger partial charge in [0, 0.05) is 0 Å². The molecule has 0 aliphatic rings. The number of carbonyl (C=O) groups is 3. The van der Waals surface area contributed by atoms with Crippen LogP contribution in [-0.4, -0.2) is 36.1 Å². The number of carbonyl (C=O) groups excluding carboxylic acids is 2. The summed E-state index contributed by atoms with van der Waals surface area (Å²) < 4.78 is 11.3. The number of carboxylic acid groups (broad SMARTS) is 1.